The molecule has 1 rings (SSSR count). The number of phosphoric ester groups is 1. The van der Waals surface area contributed by atoms with Crippen molar-refractivity contribution in [1.29, 1.82) is 0 Å². The highest BCUT2D eigenvalue weighted by Crippen LogP contribution is 2.42. The Morgan fingerprint density at radius 2 is 1.38 bits per heavy atom. The van der Waals surface area contributed by atoms with Gasteiger partial charge in [0.2, 0.25) is 0 Å². The number of hydrogen-bond acceptors (Lipinski definition) is 7. The summed E-state index contributed by atoms with van der Waals surface area (Å²) in [6.45, 7) is 7.89. The largest absolute Gasteiger partial charge is 0.472 e. The van der Waals surface area contributed by atoms with Crippen LogP contribution in [0.4, 0.5) is 0 Å². The van der Waals surface area contributed by atoms with E-state index >= 15 is 0 Å². The van der Waals surface area contributed by atoms with Gasteiger partial charge in [0.15, 0.2) is 0 Å². The molecule has 0 fully saturated rings. The molecule has 0 saturated heterocycles. The molecule has 0 aromatic heterocycles. The Hall–Kier alpha value is -0.760. The number of aliphatic imine (C=N–C) groups is 1. The SMILES string of the molecule is CCCCCCCC/C=C\CCCCCCCC1=NCCN1CCN.CCCCCCOP(=O)(O)OCCO. The summed E-state index contributed by atoms with van der Waals surface area (Å²) in [6, 6.07) is 0. The fourth-order valence-corrected chi connectivity index (χ4v) is 5.17. The summed E-state index contributed by atoms with van der Waals surface area (Å²) in [6.07, 6.45) is 27.6. The van der Waals surface area contributed by atoms with Gasteiger partial charge in [0.05, 0.1) is 32.2 Å². The molecule has 9 heteroatoms. The zero-order valence-electron chi connectivity index (χ0n) is 25.4. The van der Waals surface area contributed by atoms with Crippen LogP contribution >= 0.6 is 7.82 Å². The summed E-state index contributed by atoms with van der Waals surface area (Å²) in [5.41, 5.74) is 5.65. The predicted molar refractivity (Wildman–Crippen MR) is 165 cm³/mol. The number of rotatable bonds is 26. The van der Waals surface area contributed by atoms with Gasteiger partial charge in [-0.25, -0.2) is 4.57 Å². The fourth-order valence-electron chi connectivity index (χ4n) is 4.42. The van der Waals surface area contributed by atoms with Crippen molar-refractivity contribution in [3.63, 3.8) is 0 Å². The second-order valence-corrected chi connectivity index (χ2v) is 11.8. The Morgan fingerprint density at radius 1 is 0.846 bits per heavy atom. The summed E-state index contributed by atoms with van der Waals surface area (Å²) >= 11 is 0. The van der Waals surface area contributed by atoms with Gasteiger partial charge in [-0.3, -0.25) is 14.0 Å². The topological polar surface area (TPSA) is 118 Å². The third kappa shape index (κ3) is 25.9. The van der Waals surface area contributed by atoms with E-state index in [1.165, 1.54) is 89.3 Å². The van der Waals surface area contributed by atoms with Crippen LogP contribution in [0.1, 0.15) is 129 Å². The van der Waals surface area contributed by atoms with Crippen molar-refractivity contribution in [2.75, 3.05) is 46.0 Å². The van der Waals surface area contributed by atoms with Crippen molar-refractivity contribution in [1.82, 2.24) is 4.90 Å². The fraction of sp³-hybridized carbons (Fsp3) is 0.900. The maximum Gasteiger partial charge on any atom is 0.472 e. The first-order chi connectivity index (χ1) is 19.0. The van der Waals surface area contributed by atoms with Crippen LogP contribution in [0.15, 0.2) is 17.1 Å². The van der Waals surface area contributed by atoms with E-state index in [2.05, 4.69) is 44.9 Å². The van der Waals surface area contributed by atoms with Gasteiger partial charge in [-0.05, 0) is 38.5 Å². The van der Waals surface area contributed by atoms with Gasteiger partial charge >= 0.3 is 7.82 Å². The zero-order valence-corrected chi connectivity index (χ0v) is 26.3. The number of nitrogens with zero attached hydrogens (tertiary/aromatic N) is 2. The van der Waals surface area contributed by atoms with E-state index in [1.54, 1.807) is 0 Å². The Labute approximate surface area is 240 Å². The third-order valence-corrected chi connectivity index (χ3v) is 7.71. The molecule has 1 unspecified atom stereocenters. The summed E-state index contributed by atoms with van der Waals surface area (Å²) < 4.78 is 20.1. The van der Waals surface area contributed by atoms with E-state index in [9.17, 15) is 4.57 Å². The Morgan fingerprint density at radius 3 is 1.97 bits per heavy atom. The minimum Gasteiger partial charge on any atom is -0.394 e. The van der Waals surface area contributed by atoms with Gasteiger partial charge in [-0.2, -0.15) is 0 Å². The van der Waals surface area contributed by atoms with E-state index in [0.29, 0.717) is 0 Å². The lowest BCUT2D eigenvalue weighted by atomic mass is 10.1. The molecule has 0 amide bonds. The minimum atomic E-state index is -3.92. The Bertz CT molecular complexity index is 634. The first-order valence-corrected chi connectivity index (χ1v) is 17.4. The number of unbranched alkanes of at least 4 members (excludes halogenated alkanes) is 14. The van der Waals surface area contributed by atoms with Gasteiger partial charge < -0.3 is 20.6 Å². The van der Waals surface area contributed by atoms with Crippen LogP contribution in [-0.2, 0) is 13.6 Å². The average Bonchev–Trinajstić information content (AvgIpc) is 3.37. The number of phosphoric acid groups is 1. The Balaban J connectivity index is 0.000000876. The van der Waals surface area contributed by atoms with E-state index in [0.717, 1.165) is 58.3 Å². The number of aliphatic hydroxyl groups is 1. The zero-order chi connectivity index (χ0) is 28.9. The summed E-state index contributed by atoms with van der Waals surface area (Å²) in [4.78, 5) is 16.0. The number of amidine groups is 1. The van der Waals surface area contributed by atoms with Crippen LogP contribution < -0.4 is 5.73 Å². The highest BCUT2D eigenvalue weighted by molar-refractivity contribution is 7.47. The molecule has 0 aromatic rings. The summed E-state index contributed by atoms with van der Waals surface area (Å²) in [7, 11) is -3.92. The average molecular weight is 576 g/mol. The van der Waals surface area contributed by atoms with Crippen molar-refractivity contribution in [2.24, 2.45) is 10.7 Å². The van der Waals surface area contributed by atoms with Gasteiger partial charge in [0.1, 0.15) is 0 Å². The van der Waals surface area contributed by atoms with Crippen LogP contribution in [-0.4, -0.2) is 66.7 Å². The maximum atomic E-state index is 11.0. The van der Waals surface area contributed by atoms with Crippen LogP contribution in [0.25, 0.3) is 0 Å². The van der Waals surface area contributed by atoms with Gasteiger partial charge in [-0.15, -0.1) is 0 Å². The number of aliphatic hydroxyl groups excluding tert-OH is 1. The summed E-state index contributed by atoms with van der Waals surface area (Å²) in [5, 5.41) is 8.36. The van der Waals surface area contributed by atoms with E-state index in [1.807, 2.05) is 0 Å². The van der Waals surface area contributed by atoms with Crippen molar-refractivity contribution >= 4 is 13.7 Å². The third-order valence-electron chi connectivity index (χ3n) is 6.69. The molecule has 232 valence electrons. The lowest BCUT2D eigenvalue weighted by molar-refractivity contribution is 0.122. The molecule has 0 aliphatic carbocycles. The van der Waals surface area contributed by atoms with Crippen molar-refractivity contribution < 1.29 is 23.6 Å². The summed E-state index contributed by atoms with van der Waals surface area (Å²) in [5.74, 6) is 1.31. The molecule has 1 heterocycles. The number of hydrogen-bond donors (Lipinski definition) is 3. The van der Waals surface area contributed by atoms with E-state index in [4.69, 9.17) is 15.7 Å². The van der Waals surface area contributed by atoms with Crippen molar-refractivity contribution in [2.45, 2.75) is 129 Å². The second kappa shape index (κ2) is 28.8. The minimum absolute atomic E-state index is 0.178. The monoisotopic (exact) mass is 575 g/mol. The maximum absolute atomic E-state index is 11.0. The van der Waals surface area contributed by atoms with Crippen LogP contribution in [0.5, 0.6) is 0 Å². The first-order valence-electron chi connectivity index (χ1n) is 15.9. The molecule has 39 heavy (non-hydrogen) atoms. The normalized spacial score (nSPS) is 14.9. The molecule has 4 N–H and O–H groups in total. The molecule has 0 saturated carbocycles. The van der Waals surface area contributed by atoms with Crippen LogP contribution in [0, 0.1) is 0 Å². The molecule has 8 nitrogen and oxygen atoms in total. The molecule has 0 bridgehead atoms. The Kier molecular flexibility index (Phi) is 28.2. The second-order valence-electron chi connectivity index (χ2n) is 10.3. The molecule has 0 spiro atoms. The molecule has 1 aliphatic rings. The van der Waals surface area contributed by atoms with Crippen LogP contribution in [0.3, 0.4) is 0 Å². The van der Waals surface area contributed by atoms with E-state index < -0.39 is 7.82 Å². The molecular formula is C30H62N3O5P. The van der Waals surface area contributed by atoms with Gasteiger partial charge in [0, 0.05) is 26.1 Å². The standard InChI is InChI=1S/C22H43N3.C8H19O5P/c1-2-3-4-5-6-7-8-9-10-11-12-13-14-15-16-17-22-24-19-21-25(22)20-18-23;1-2-3-4-5-7-12-14(10,11)13-8-6-9/h9-10H,2-8,11-21,23H2,1H3;9H,2-8H2,1H3,(H,10,11)/b10-9-;. The highest BCUT2D eigenvalue weighted by atomic mass is 31.2. The lowest BCUT2D eigenvalue weighted by Crippen LogP contribution is -2.32. The van der Waals surface area contributed by atoms with Crippen LogP contribution in [0.2, 0.25) is 0 Å². The van der Waals surface area contributed by atoms with Gasteiger partial charge in [-0.1, -0.05) is 96.6 Å². The number of nitrogens with two attached hydrogens (primary N) is 1. The van der Waals surface area contributed by atoms with Gasteiger partial charge in [0.25, 0.3) is 0 Å². The lowest BCUT2D eigenvalue weighted by Gasteiger charge is -2.19. The molecule has 1 atom stereocenters. The molecule has 0 radical (unpaired) electrons. The quantitative estimate of drug-likeness (QED) is 0.0559. The van der Waals surface area contributed by atoms with Crippen molar-refractivity contribution in [3.8, 4) is 0 Å². The molecular weight excluding hydrogens is 513 g/mol. The first kappa shape index (κ1) is 38.2. The smallest absolute Gasteiger partial charge is 0.394 e. The molecule has 0 aromatic carbocycles. The highest BCUT2D eigenvalue weighted by Gasteiger charge is 2.19. The van der Waals surface area contributed by atoms with Crippen molar-refractivity contribution in [3.05, 3.63) is 12.2 Å². The number of allylic oxidation sites excluding steroid dienone is 2. The van der Waals surface area contributed by atoms with E-state index in [-0.39, 0.29) is 19.8 Å². The predicted octanol–water partition coefficient (Wildman–Crippen LogP) is 7.39. The molecule has 1 aliphatic heterocycles.